The molecule has 1 heterocycles. The molecule has 1 aromatic heterocycles. The lowest BCUT2D eigenvalue weighted by atomic mass is 10.2. The Bertz CT molecular complexity index is 460. The number of aromatic nitrogens is 2. The highest BCUT2D eigenvalue weighted by molar-refractivity contribution is 5.79. The van der Waals surface area contributed by atoms with Gasteiger partial charge in [-0.15, -0.1) is 0 Å². The minimum atomic E-state index is 0.653. The molecule has 0 bridgehead atoms. The van der Waals surface area contributed by atoms with E-state index in [9.17, 15) is 0 Å². The van der Waals surface area contributed by atoms with Gasteiger partial charge in [-0.1, -0.05) is 12.1 Å². The van der Waals surface area contributed by atoms with Gasteiger partial charge in [-0.3, -0.25) is 0 Å². The number of hydrogen-bond donors (Lipinski definition) is 0. The van der Waals surface area contributed by atoms with Gasteiger partial charge >= 0.3 is 0 Å². The zero-order valence-electron chi connectivity index (χ0n) is 8.74. The Balaban J connectivity index is 2.70. The normalized spacial score (nSPS) is 10.8. The van der Waals surface area contributed by atoms with Crippen LogP contribution < -0.4 is 4.84 Å². The van der Waals surface area contributed by atoms with E-state index in [-0.39, 0.29) is 0 Å². The molecule has 0 unspecified atom stereocenters. The van der Waals surface area contributed by atoms with Crippen molar-refractivity contribution in [1.29, 1.82) is 0 Å². The first-order chi connectivity index (χ1) is 6.74. The molecule has 0 saturated heterocycles. The Labute approximate surface area is 83.3 Å². The van der Waals surface area contributed by atoms with Crippen LogP contribution in [0.25, 0.3) is 11.0 Å². The van der Waals surface area contributed by atoms with Gasteiger partial charge in [0, 0.05) is 0 Å². The molecule has 0 spiro atoms. The lowest BCUT2D eigenvalue weighted by Crippen LogP contribution is -2.11. The highest BCUT2D eigenvalue weighted by Crippen LogP contribution is 2.17. The molecule has 74 valence electrons. The van der Waals surface area contributed by atoms with E-state index in [0.717, 1.165) is 16.9 Å². The highest BCUT2D eigenvalue weighted by Gasteiger charge is 2.08. The minimum Gasteiger partial charge on any atom is -0.412 e. The van der Waals surface area contributed by atoms with Gasteiger partial charge in [-0.2, -0.15) is 4.73 Å². The van der Waals surface area contributed by atoms with E-state index < -0.39 is 0 Å². The summed E-state index contributed by atoms with van der Waals surface area (Å²) in [6.45, 7) is 6.64. The number of imidazole rings is 1. The van der Waals surface area contributed by atoms with Gasteiger partial charge in [0.1, 0.15) is 17.9 Å². The van der Waals surface area contributed by atoms with E-state index in [2.05, 4.69) is 18.0 Å². The summed E-state index contributed by atoms with van der Waals surface area (Å²) in [6.07, 6.45) is 0. The molecule has 0 fully saturated rings. The SMILES string of the molecule is CCOn1c(C)nc2c(C)cccc21. The monoisotopic (exact) mass is 190 g/mol. The quantitative estimate of drug-likeness (QED) is 0.725. The van der Waals surface area contributed by atoms with Crippen molar-refractivity contribution >= 4 is 11.0 Å². The third kappa shape index (κ3) is 1.25. The fourth-order valence-electron chi connectivity index (χ4n) is 1.63. The van der Waals surface area contributed by atoms with Crippen LogP contribution in [0.2, 0.25) is 0 Å². The summed E-state index contributed by atoms with van der Waals surface area (Å²) in [5.74, 6) is 0.899. The van der Waals surface area contributed by atoms with Crippen LogP contribution in [0.15, 0.2) is 18.2 Å². The van der Waals surface area contributed by atoms with Crippen molar-refractivity contribution in [1.82, 2.24) is 9.71 Å². The maximum atomic E-state index is 5.50. The van der Waals surface area contributed by atoms with Crippen LogP contribution in [-0.2, 0) is 0 Å². The molecule has 1 aromatic carbocycles. The lowest BCUT2D eigenvalue weighted by molar-refractivity contribution is 0.126. The smallest absolute Gasteiger partial charge is 0.143 e. The summed E-state index contributed by atoms with van der Waals surface area (Å²) in [5.41, 5.74) is 3.26. The summed E-state index contributed by atoms with van der Waals surface area (Å²) >= 11 is 0. The van der Waals surface area contributed by atoms with Crippen LogP contribution in [0, 0.1) is 13.8 Å². The lowest BCUT2D eigenvalue weighted by Gasteiger charge is -2.05. The van der Waals surface area contributed by atoms with Gasteiger partial charge in [0.05, 0.1) is 5.52 Å². The molecule has 0 aliphatic carbocycles. The zero-order chi connectivity index (χ0) is 10.1. The average molecular weight is 190 g/mol. The molecular weight excluding hydrogens is 176 g/mol. The van der Waals surface area contributed by atoms with Gasteiger partial charge < -0.3 is 4.84 Å². The number of fused-ring (bicyclic) bond motifs is 1. The zero-order valence-corrected chi connectivity index (χ0v) is 8.74. The van der Waals surface area contributed by atoms with Crippen LogP contribution in [0.4, 0.5) is 0 Å². The molecule has 0 N–H and O–H groups in total. The van der Waals surface area contributed by atoms with E-state index in [4.69, 9.17) is 4.84 Å². The van der Waals surface area contributed by atoms with Crippen molar-refractivity contribution in [2.45, 2.75) is 20.8 Å². The van der Waals surface area contributed by atoms with Crippen molar-refractivity contribution in [2.75, 3.05) is 6.61 Å². The number of benzene rings is 1. The summed E-state index contributed by atoms with van der Waals surface area (Å²) in [4.78, 5) is 9.97. The Morgan fingerprint density at radius 3 is 2.86 bits per heavy atom. The number of hydrogen-bond acceptors (Lipinski definition) is 2. The predicted molar refractivity (Wildman–Crippen MR) is 56.3 cm³/mol. The number of nitrogens with zero attached hydrogens (tertiary/aromatic N) is 2. The summed E-state index contributed by atoms with van der Waals surface area (Å²) < 4.78 is 1.79. The molecule has 0 radical (unpaired) electrons. The molecule has 0 aliphatic rings. The Morgan fingerprint density at radius 1 is 1.36 bits per heavy atom. The first-order valence-corrected chi connectivity index (χ1v) is 4.82. The van der Waals surface area contributed by atoms with Crippen LogP contribution in [0.1, 0.15) is 18.3 Å². The molecule has 2 aromatic rings. The van der Waals surface area contributed by atoms with E-state index >= 15 is 0 Å². The maximum Gasteiger partial charge on any atom is 0.143 e. The van der Waals surface area contributed by atoms with Gasteiger partial charge in [0.2, 0.25) is 0 Å². The summed E-state index contributed by atoms with van der Waals surface area (Å²) in [5, 5.41) is 0. The predicted octanol–water partition coefficient (Wildman–Crippen LogP) is 2.10. The summed E-state index contributed by atoms with van der Waals surface area (Å²) in [7, 11) is 0. The van der Waals surface area contributed by atoms with Crippen LogP contribution in [0.5, 0.6) is 0 Å². The second-order valence-electron chi connectivity index (χ2n) is 3.31. The van der Waals surface area contributed by atoms with Crippen molar-refractivity contribution in [3.05, 3.63) is 29.6 Å². The Hall–Kier alpha value is -1.51. The van der Waals surface area contributed by atoms with E-state index in [1.54, 1.807) is 4.73 Å². The van der Waals surface area contributed by atoms with Gasteiger partial charge in [-0.25, -0.2) is 4.98 Å². The van der Waals surface area contributed by atoms with Gasteiger partial charge in [-0.05, 0) is 32.4 Å². The second kappa shape index (κ2) is 3.33. The fraction of sp³-hybridized carbons (Fsp3) is 0.364. The third-order valence-corrected chi connectivity index (χ3v) is 2.26. The van der Waals surface area contributed by atoms with Gasteiger partial charge in [0.25, 0.3) is 0 Å². The minimum absolute atomic E-state index is 0.653. The number of para-hydroxylation sites is 1. The molecule has 2 rings (SSSR count). The highest BCUT2D eigenvalue weighted by atomic mass is 16.7. The first-order valence-electron chi connectivity index (χ1n) is 4.82. The molecule has 0 aliphatic heterocycles. The molecular formula is C11H14N2O. The van der Waals surface area contributed by atoms with Crippen LogP contribution in [0.3, 0.4) is 0 Å². The standard InChI is InChI=1S/C11H14N2O/c1-4-14-13-9(3)12-11-8(2)6-5-7-10(11)13/h5-7H,4H2,1-3H3. The molecule has 3 heteroatoms. The van der Waals surface area contributed by atoms with Crippen LogP contribution in [-0.4, -0.2) is 16.3 Å². The Kier molecular flexibility index (Phi) is 2.15. The van der Waals surface area contributed by atoms with E-state index in [1.807, 2.05) is 26.0 Å². The Morgan fingerprint density at radius 2 is 2.14 bits per heavy atom. The molecule has 3 nitrogen and oxygen atoms in total. The average Bonchev–Trinajstić information content (AvgIpc) is 2.47. The summed E-state index contributed by atoms with van der Waals surface area (Å²) in [6, 6.07) is 6.11. The molecule has 0 amide bonds. The van der Waals surface area contributed by atoms with Crippen molar-refractivity contribution in [3.8, 4) is 0 Å². The van der Waals surface area contributed by atoms with Crippen molar-refractivity contribution < 1.29 is 4.84 Å². The largest absolute Gasteiger partial charge is 0.412 e. The van der Waals surface area contributed by atoms with Gasteiger partial charge in [0.15, 0.2) is 0 Å². The van der Waals surface area contributed by atoms with Crippen molar-refractivity contribution in [3.63, 3.8) is 0 Å². The molecule has 0 saturated carbocycles. The number of rotatable bonds is 2. The third-order valence-electron chi connectivity index (χ3n) is 2.26. The maximum absolute atomic E-state index is 5.50. The van der Waals surface area contributed by atoms with Crippen LogP contribution >= 0.6 is 0 Å². The fourth-order valence-corrected chi connectivity index (χ4v) is 1.63. The molecule has 14 heavy (non-hydrogen) atoms. The molecule has 0 atom stereocenters. The van der Waals surface area contributed by atoms with E-state index in [1.165, 1.54) is 5.56 Å². The first kappa shape index (κ1) is 9.06. The van der Waals surface area contributed by atoms with Crippen molar-refractivity contribution in [2.24, 2.45) is 0 Å². The number of aryl methyl sites for hydroxylation is 2. The topological polar surface area (TPSA) is 27.1 Å². The van der Waals surface area contributed by atoms with E-state index in [0.29, 0.717) is 6.61 Å². The second-order valence-corrected chi connectivity index (χ2v) is 3.31.